The van der Waals surface area contributed by atoms with E-state index in [0.29, 0.717) is 0 Å². The second kappa shape index (κ2) is 5.18. The van der Waals surface area contributed by atoms with Crippen molar-refractivity contribution in [1.29, 1.82) is 0 Å². The van der Waals surface area contributed by atoms with Crippen LogP contribution in [0.5, 0.6) is 11.5 Å². The second-order valence-corrected chi connectivity index (χ2v) is 3.68. The fourth-order valence-electron chi connectivity index (χ4n) is 1.47. The molecular weight excluding hydrogens is 234 g/mol. The van der Waals surface area contributed by atoms with E-state index in [1.54, 1.807) is 0 Å². The average molecular weight is 245 g/mol. The summed E-state index contributed by atoms with van der Waals surface area (Å²) < 4.78 is 5.36. The first-order valence-corrected chi connectivity index (χ1v) is 5.31. The van der Waals surface area contributed by atoms with Gasteiger partial charge < -0.3 is 9.84 Å². The molecule has 2 aromatic rings. The molecule has 0 spiro atoms. The normalized spacial score (nSPS) is 10.0. The first-order chi connectivity index (χ1) is 8.66. The molecule has 2 rings (SSSR count). The van der Waals surface area contributed by atoms with Crippen LogP contribution < -0.4 is 4.74 Å². The molecule has 18 heavy (non-hydrogen) atoms. The molecule has 0 aliphatic carbocycles. The number of hydrogen-bond acceptors (Lipinski definition) is 4. The number of ether oxygens (including phenoxy) is 1. The molecule has 0 saturated heterocycles. The third-order valence-corrected chi connectivity index (χ3v) is 2.39. The van der Waals surface area contributed by atoms with Gasteiger partial charge in [-0.3, -0.25) is 10.1 Å². The number of phenolic OH excluding ortho intramolecular Hbond substituents is 1. The molecule has 1 N–H and O–H groups in total. The van der Waals surface area contributed by atoms with Crippen molar-refractivity contribution in [3.05, 3.63) is 64.2 Å². The highest BCUT2D eigenvalue weighted by Gasteiger charge is 2.11. The molecule has 0 heterocycles. The van der Waals surface area contributed by atoms with Gasteiger partial charge in [0.05, 0.1) is 11.0 Å². The third-order valence-electron chi connectivity index (χ3n) is 2.39. The zero-order valence-corrected chi connectivity index (χ0v) is 9.45. The van der Waals surface area contributed by atoms with Crippen molar-refractivity contribution in [2.45, 2.75) is 6.61 Å². The summed E-state index contributed by atoms with van der Waals surface area (Å²) >= 11 is 0. The lowest BCUT2D eigenvalue weighted by molar-refractivity contribution is -0.385. The first kappa shape index (κ1) is 11.9. The maximum atomic E-state index is 10.6. The van der Waals surface area contributed by atoms with Crippen molar-refractivity contribution in [3.63, 3.8) is 0 Å². The summed E-state index contributed by atoms with van der Waals surface area (Å²) in [6.45, 7) is 0.246. The smallest absolute Gasteiger partial charge is 0.273 e. The number of hydrogen-bond donors (Lipinski definition) is 1. The Hall–Kier alpha value is -2.56. The van der Waals surface area contributed by atoms with Crippen LogP contribution in [0.3, 0.4) is 0 Å². The maximum Gasteiger partial charge on any atom is 0.273 e. The number of phenols is 1. The largest absolute Gasteiger partial charge is 0.504 e. The van der Waals surface area contributed by atoms with E-state index >= 15 is 0 Å². The standard InChI is InChI=1S/C13H11NO4/c15-12-7-6-11(14(16)17)8-13(12)18-9-10-4-2-1-3-5-10/h1-8,15H,9H2. The van der Waals surface area contributed by atoms with E-state index in [0.717, 1.165) is 5.56 Å². The second-order valence-electron chi connectivity index (χ2n) is 3.68. The minimum Gasteiger partial charge on any atom is -0.504 e. The SMILES string of the molecule is O=[N+]([O-])c1ccc(O)c(OCc2ccccc2)c1. The Balaban J connectivity index is 2.14. The molecule has 0 fully saturated rings. The zero-order valence-electron chi connectivity index (χ0n) is 9.45. The van der Waals surface area contributed by atoms with E-state index in [1.165, 1.54) is 18.2 Å². The van der Waals surface area contributed by atoms with E-state index in [1.807, 2.05) is 30.3 Å². The van der Waals surface area contributed by atoms with Gasteiger partial charge in [0.25, 0.3) is 5.69 Å². The minimum absolute atomic E-state index is 0.105. The fourth-order valence-corrected chi connectivity index (χ4v) is 1.47. The Morgan fingerprint density at radius 1 is 1.17 bits per heavy atom. The van der Waals surface area contributed by atoms with Gasteiger partial charge in [-0.05, 0) is 11.6 Å². The molecule has 2 aromatic carbocycles. The van der Waals surface area contributed by atoms with Gasteiger partial charge in [-0.1, -0.05) is 30.3 Å². The van der Waals surface area contributed by atoms with Gasteiger partial charge in [-0.2, -0.15) is 0 Å². The molecule has 0 amide bonds. The Morgan fingerprint density at radius 3 is 2.56 bits per heavy atom. The molecule has 0 saturated carbocycles. The quantitative estimate of drug-likeness (QED) is 0.664. The van der Waals surface area contributed by atoms with Gasteiger partial charge in [0.15, 0.2) is 11.5 Å². The Labute approximate surface area is 103 Å². The van der Waals surface area contributed by atoms with Gasteiger partial charge >= 0.3 is 0 Å². The van der Waals surface area contributed by atoms with Gasteiger partial charge in [-0.15, -0.1) is 0 Å². The van der Waals surface area contributed by atoms with Crippen molar-refractivity contribution in [3.8, 4) is 11.5 Å². The molecule has 5 nitrogen and oxygen atoms in total. The molecule has 5 heteroatoms. The summed E-state index contributed by atoms with van der Waals surface area (Å²) in [5, 5.41) is 20.2. The maximum absolute atomic E-state index is 10.6. The van der Waals surface area contributed by atoms with Crippen molar-refractivity contribution in [2.24, 2.45) is 0 Å². The topological polar surface area (TPSA) is 72.6 Å². The van der Waals surface area contributed by atoms with Crippen LogP contribution in [0.15, 0.2) is 48.5 Å². The van der Waals surface area contributed by atoms with Crippen LogP contribution in [-0.2, 0) is 6.61 Å². The van der Waals surface area contributed by atoms with E-state index in [9.17, 15) is 15.2 Å². The van der Waals surface area contributed by atoms with Crippen LogP contribution in [0.4, 0.5) is 5.69 Å². The fraction of sp³-hybridized carbons (Fsp3) is 0.0769. The van der Waals surface area contributed by atoms with Crippen LogP contribution in [0.2, 0.25) is 0 Å². The average Bonchev–Trinajstić information content (AvgIpc) is 2.38. The molecule has 0 aliphatic rings. The zero-order chi connectivity index (χ0) is 13.0. The number of aromatic hydroxyl groups is 1. The predicted molar refractivity (Wildman–Crippen MR) is 65.5 cm³/mol. The molecular formula is C13H11NO4. The highest BCUT2D eigenvalue weighted by molar-refractivity contribution is 5.47. The summed E-state index contributed by atoms with van der Waals surface area (Å²) in [6.07, 6.45) is 0. The highest BCUT2D eigenvalue weighted by atomic mass is 16.6. The summed E-state index contributed by atoms with van der Waals surface area (Å²) in [6, 6.07) is 13.0. The van der Waals surface area contributed by atoms with Crippen molar-refractivity contribution >= 4 is 5.69 Å². The van der Waals surface area contributed by atoms with Gasteiger partial charge in [-0.25, -0.2) is 0 Å². The Bertz CT molecular complexity index is 554. The lowest BCUT2D eigenvalue weighted by Crippen LogP contribution is -1.96. The van der Waals surface area contributed by atoms with E-state index in [4.69, 9.17) is 4.74 Å². The molecule has 0 bridgehead atoms. The van der Waals surface area contributed by atoms with Crippen molar-refractivity contribution < 1.29 is 14.8 Å². The van der Waals surface area contributed by atoms with Crippen molar-refractivity contribution in [2.75, 3.05) is 0 Å². The minimum atomic E-state index is -0.533. The predicted octanol–water partition coefficient (Wildman–Crippen LogP) is 2.88. The third kappa shape index (κ3) is 2.76. The number of nitro groups is 1. The lowest BCUT2D eigenvalue weighted by atomic mass is 10.2. The molecule has 0 radical (unpaired) electrons. The highest BCUT2D eigenvalue weighted by Crippen LogP contribution is 2.30. The summed E-state index contributed by atoms with van der Waals surface area (Å²) in [5.74, 6) is -0.00964. The molecule has 0 aromatic heterocycles. The van der Waals surface area contributed by atoms with Crippen LogP contribution in [-0.4, -0.2) is 10.0 Å². The molecule has 0 atom stereocenters. The summed E-state index contributed by atoms with van der Waals surface area (Å²) in [4.78, 5) is 10.1. The molecule has 0 aliphatic heterocycles. The van der Waals surface area contributed by atoms with E-state index in [-0.39, 0.29) is 23.8 Å². The Morgan fingerprint density at radius 2 is 1.89 bits per heavy atom. The number of nitrogens with zero attached hydrogens (tertiary/aromatic N) is 1. The van der Waals surface area contributed by atoms with E-state index < -0.39 is 4.92 Å². The number of benzene rings is 2. The summed E-state index contributed by atoms with van der Waals surface area (Å²) in [7, 11) is 0. The molecule has 92 valence electrons. The number of rotatable bonds is 4. The number of non-ortho nitro benzene ring substituents is 1. The van der Waals surface area contributed by atoms with Gasteiger partial charge in [0, 0.05) is 6.07 Å². The first-order valence-electron chi connectivity index (χ1n) is 5.31. The Kier molecular flexibility index (Phi) is 3.43. The van der Waals surface area contributed by atoms with Crippen LogP contribution in [0.25, 0.3) is 0 Å². The van der Waals surface area contributed by atoms with Gasteiger partial charge in [0.2, 0.25) is 0 Å². The monoisotopic (exact) mass is 245 g/mol. The van der Waals surface area contributed by atoms with Gasteiger partial charge in [0.1, 0.15) is 6.61 Å². The van der Waals surface area contributed by atoms with Crippen LogP contribution in [0.1, 0.15) is 5.56 Å². The van der Waals surface area contributed by atoms with Crippen LogP contribution in [0, 0.1) is 10.1 Å². The van der Waals surface area contributed by atoms with Crippen LogP contribution >= 0.6 is 0 Å². The number of nitro benzene ring substituents is 1. The van der Waals surface area contributed by atoms with E-state index in [2.05, 4.69) is 0 Å². The lowest BCUT2D eigenvalue weighted by Gasteiger charge is -2.07. The molecule has 0 unspecified atom stereocenters. The van der Waals surface area contributed by atoms with Crippen molar-refractivity contribution in [1.82, 2.24) is 0 Å². The summed E-state index contributed by atoms with van der Waals surface area (Å²) in [5.41, 5.74) is 0.805.